The average molecular weight is 556 g/mol. The number of rotatable bonds is 10. The van der Waals surface area contributed by atoms with Crippen molar-refractivity contribution in [2.24, 2.45) is 10.9 Å². The van der Waals surface area contributed by atoms with E-state index in [0.29, 0.717) is 12.5 Å². The minimum atomic E-state index is 0. The van der Waals surface area contributed by atoms with Crippen LogP contribution in [0, 0.1) is 19.8 Å². The van der Waals surface area contributed by atoms with Crippen LogP contribution in [0.1, 0.15) is 43.1 Å². The third-order valence-electron chi connectivity index (χ3n) is 5.25. The number of nitrogens with one attached hydrogen (secondary N) is 2. The Bertz CT molecular complexity index is 818. The van der Waals surface area contributed by atoms with E-state index in [4.69, 9.17) is 9.47 Å². The molecule has 0 bridgehead atoms. The molecule has 0 atom stereocenters. The van der Waals surface area contributed by atoms with Gasteiger partial charge in [0.15, 0.2) is 11.8 Å². The molecule has 32 heavy (non-hydrogen) atoms. The van der Waals surface area contributed by atoms with Crippen LogP contribution in [0.5, 0.6) is 0 Å². The Morgan fingerprint density at radius 3 is 2.72 bits per heavy atom. The summed E-state index contributed by atoms with van der Waals surface area (Å²) in [5.74, 6) is 2.29. The summed E-state index contributed by atoms with van der Waals surface area (Å²) in [5.41, 5.74) is 3.12. The maximum Gasteiger partial charge on any atom is 0.191 e. The fourth-order valence-corrected chi connectivity index (χ4v) is 3.55. The van der Waals surface area contributed by atoms with Crippen molar-refractivity contribution in [1.29, 1.82) is 0 Å². The van der Waals surface area contributed by atoms with E-state index < -0.39 is 0 Å². The monoisotopic (exact) mass is 556 g/mol. The first-order valence-electron chi connectivity index (χ1n) is 11.3. The Morgan fingerprint density at radius 1 is 1.25 bits per heavy atom. The van der Waals surface area contributed by atoms with Crippen LogP contribution < -0.4 is 10.6 Å². The zero-order valence-electron chi connectivity index (χ0n) is 19.5. The lowest BCUT2D eigenvalue weighted by Crippen LogP contribution is -2.38. The highest BCUT2D eigenvalue weighted by Crippen LogP contribution is 2.14. The van der Waals surface area contributed by atoms with Gasteiger partial charge in [0, 0.05) is 51.4 Å². The van der Waals surface area contributed by atoms with Gasteiger partial charge in [0.2, 0.25) is 0 Å². The molecule has 2 N–H and O–H groups in total. The van der Waals surface area contributed by atoms with E-state index in [1.165, 1.54) is 0 Å². The van der Waals surface area contributed by atoms with E-state index in [0.717, 1.165) is 87.5 Å². The van der Waals surface area contributed by atoms with Crippen molar-refractivity contribution in [2.45, 2.75) is 46.6 Å². The van der Waals surface area contributed by atoms with Crippen LogP contribution in [0.3, 0.4) is 0 Å². The molecule has 0 aromatic carbocycles. The Hall–Kier alpha value is -1.72. The molecule has 1 fully saturated rings. The summed E-state index contributed by atoms with van der Waals surface area (Å²) in [6.07, 6.45) is 5.05. The molecule has 0 saturated carbocycles. The topological polar surface area (TPSA) is 85.6 Å². The number of guanidine groups is 1. The zero-order valence-corrected chi connectivity index (χ0v) is 21.8. The third-order valence-corrected chi connectivity index (χ3v) is 5.25. The second-order valence-electron chi connectivity index (χ2n) is 7.97. The van der Waals surface area contributed by atoms with E-state index in [-0.39, 0.29) is 24.0 Å². The molecular formula is C23H37IN6O2. The standard InChI is InChI=1S/C23H36N6O2.HI/c1-4-24-23(25-10-5-11-31-17-20-8-12-30-13-9-20)27-16-21-6-7-22(26-15-21)29-19(3)14-18(2)28-29;/h6-7,14-15,20H,4-5,8-13,16-17H2,1-3H3,(H2,24,25,27);1H. The van der Waals surface area contributed by atoms with Crippen molar-refractivity contribution in [3.05, 3.63) is 41.3 Å². The summed E-state index contributed by atoms with van der Waals surface area (Å²) in [7, 11) is 0. The van der Waals surface area contributed by atoms with Gasteiger partial charge in [0.25, 0.3) is 0 Å². The summed E-state index contributed by atoms with van der Waals surface area (Å²) < 4.78 is 13.1. The number of ether oxygens (including phenoxy) is 2. The molecule has 0 radical (unpaired) electrons. The number of halogens is 1. The molecule has 1 saturated heterocycles. The van der Waals surface area contributed by atoms with Gasteiger partial charge in [0.1, 0.15) is 0 Å². The highest BCUT2D eigenvalue weighted by atomic mass is 127. The second kappa shape index (κ2) is 14.4. The molecule has 2 aromatic rings. The fraction of sp³-hybridized carbons (Fsp3) is 0.609. The van der Waals surface area contributed by atoms with Crippen molar-refractivity contribution in [1.82, 2.24) is 25.4 Å². The summed E-state index contributed by atoms with van der Waals surface area (Å²) >= 11 is 0. The highest BCUT2D eigenvalue weighted by Gasteiger charge is 2.13. The number of aromatic nitrogens is 3. The number of hydrogen-bond donors (Lipinski definition) is 2. The molecule has 1 aliphatic rings. The predicted octanol–water partition coefficient (Wildman–Crippen LogP) is 3.39. The van der Waals surface area contributed by atoms with Gasteiger partial charge in [-0.05, 0) is 63.6 Å². The molecule has 8 nitrogen and oxygen atoms in total. The van der Waals surface area contributed by atoms with E-state index in [2.05, 4.69) is 38.7 Å². The summed E-state index contributed by atoms with van der Waals surface area (Å²) in [4.78, 5) is 9.22. The lowest BCUT2D eigenvalue weighted by molar-refractivity contribution is 0.0203. The molecule has 3 rings (SSSR count). The number of pyridine rings is 1. The average Bonchev–Trinajstić information content (AvgIpc) is 3.13. The SMILES string of the molecule is CCNC(=NCc1ccc(-n2nc(C)cc2C)nc1)NCCCOCC1CCOCC1.I. The van der Waals surface area contributed by atoms with Crippen molar-refractivity contribution in [2.75, 3.05) is 39.5 Å². The number of hydrogen-bond acceptors (Lipinski definition) is 5. The quantitative estimate of drug-likeness (QED) is 0.202. The molecule has 0 aliphatic carbocycles. The normalized spacial score (nSPS) is 14.8. The second-order valence-corrected chi connectivity index (χ2v) is 7.97. The lowest BCUT2D eigenvalue weighted by atomic mass is 10.0. The summed E-state index contributed by atoms with van der Waals surface area (Å²) in [6.45, 7) is 11.7. The van der Waals surface area contributed by atoms with E-state index in [1.807, 2.05) is 36.9 Å². The van der Waals surface area contributed by atoms with E-state index >= 15 is 0 Å². The van der Waals surface area contributed by atoms with E-state index in [1.54, 1.807) is 0 Å². The Kier molecular flexibility index (Phi) is 12.0. The molecule has 9 heteroatoms. The minimum absolute atomic E-state index is 0. The molecule has 3 heterocycles. The Labute approximate surface area is 208 Å². The van der Waals surface area contributed by atoms with Gasteiger partial charge in [0.05, 0.1) is 12.2 Å². The summed E-state index contributed by atoms with van der Waals surface area (Å²) in [6, 6.07) is 6.08. The fourth-order valence-electron chi connectivity index (χ4n) is 3.55. The Morgan fingerprint density at radius 2 is 2.06 bits per heavy atom. The third kappa shape index (κ3) is 8.67. The van der Waals surface area contributed by atoms with Crippen molar-refractivity contribution < 1.29 is 9.47 Å². The molecule has 0 amide bonds. The van der Waals surface area contributed by atoms with Crippen LogP contribution in [0.2, 0.25) is 0 Å². The number of aryl methyl sites for hydroxylation is 2. The molecule has 0 unspecified atom stereocenters. The van der Waals surface area contributed by atoms with E-state index in [9.17, 15) is 0 Å². The maximum absolute atomic E-state index is 5.83. The number of aliphatic imine (C=N–C) groups is 1. The van der Waals surface area contributed by atoms with Crippen LogP contribution in [-0.4, -0.2) is 60.2 Å². The van der Waals surface area contributed by atoms with Crippen LogP contribution in [0.4, 0.5) is 0 Å². The maximum atomic E-state index is 5.83. The van der Waals surface area contributed by atoms with Crippen molar-refractivity contribution in [3.63, 3.8) is 0 Å². The van der Waals surface area contributed by atoms with Gasteiger partial charge in [-0.2, -0.15) is 5.10 Å². The first kappa shape index (κ1) is 26.5. The first-order valence-corrected chi connectivity index (χ1v) is 11.3. The highest BCUT2D eigenvalue weighted by molar-refractivity contribution is 14.0. The van der Waals surface area contributed by atoms with Crippen LogP contribution >= 0.6 is 24.0 Å². The first-order chi connectivity index (χ1) is 15.2. The lowest BCUT2D eigenvalue weighted by Gasteiger charge is -2.21. The molecule has 0 spiro atoms. The van der Waals surface area contributed by atoms with Crippen LogP contribution in [-0.2, 0) is 16.0 Å². The summed E-state index contributed by atoms with van der Waals surface area (Å²) in [5, 5.41) is 11.2. The molecule has 1 aliphatic heterocycles. The van der Waals surface area contributed by atoms with Crippen LogP contribution in [0.15, 0.2) is 29.4 Å². The van der Waals surface area contributed by atoms with Gasteiger partial charge < -0.3 is 20.1 Å². The van der Waals surface area contributed by atoms with Gasteiger partial charge in [-0.15, -0.1) is 24.0 Å². The smallest absolute Gasteiger partial charge is 0.191 e. The van der Waals surface area contributed by atoms with Gasteiger partial charge in [-0.1, -0.05) is 6.07 Å². The minimum Gasteiger partial charge on any atom is -0.381 e. The van der Waals surface area contributed by atoms with Gasteiger partial charge >= 0.3 is 0 Å². The largest absolute Gasteiger partial charge is 0.381 e. The number of nitrogens with zero attached hydrogens (tertiary/aromatic N) is 4. The van der Waals surface area contributed by atoms with Crippen molar-refractivity contribution in [3.8, 4) is 5.82 Å². The van der Waals surface area contributed by atoms with Crippen LogP contribution in [0.25, 0.3) is 5.82 Å². The van der Waals surface area contributed by atoms with Gasteiger partial charge in [-0.3, -0.25) is 0 Å². The molecule has 2 aromatic heterocycles. The van der Waals surface area contributed by atoms with Gasteiger partial charge in [-0.25, -0.2) is 14.7 Å². The zero-order chi connectivity index (χ0) is 21.9. The Balaban J connectivity index is 0.00000363. The predicted molar refractivity (Wildman–Crippen MR) is 138 cm³/mol. The van der Waals surface area contributed by atoms with Crippen molar-refractivity contribution >= 4 is 29.9 Å². The molecular weight excluding hydrogens is 519 g/mol. The molecule has 178 valence electrons.